The number of likely N-dealkylation sites (N-methyl/N-ethyl adjacent to an activating group) is 1. The number of amides is 1. The summed E-state index contributed by atoms with van der Waals surface area (Å²) in [7, 11) is -3.19. The van der Waals surface area contributed by atoms with Crippen molar-refractivity contribution >= 4 is 33.3 Å². The molecule has 0 aromatic carbocycles. The molecular weight excluding hydrogens is 456 g/mol. The molecule has 4 heterocycles. The van der Waals surface area contributed by atoms with E-state index in [0.29, 0.717) is 31.0 Å². The van der Waals surface area contributed by atoms with Gasteiger partial charge in [0.05, 0.1) is 17.1 Å². The van der Waals surface area contributed by atoms with Crippen molar-refractivity contribution in [1.82, 2.24) is 19.6 Å². The molecule has 0 saturated carbocycles. The van der Waals surface area contributed by atoms with Gasteiger partial charge in [-0.25, -0.2) is 13.4 Å². The Bertz CT molecular complexity index is 1350. The number of nitrogens with zero attached hydrogens (tertiary/aromatic N) is 5. The maximum absolute atomic E-state index is 13.5. The number of carbonyl (C=O) groups excluding carboxylic acids is 1. The Hall–Kier alpha value is -3.23. The summed E-state index contributed by atoms with van der Waals surface area (Å²) in [6.07, 6.45) is 3.20. The van der Waals surface area contributed by atoms with Crippen LogP contribution >= 0.6 is 0 Å². The smallest absolute Gasteiger partial charge is 0.267 e. The molecule has 1 unspecified atom stereocenters. The van der Waals surface area contributed by atoms with Crippen molar-refractivity contribution in [2.24, 2.45) is 0 Å². The first-order valence-corrected chi connectivity index (χ1v) is 13.2. The number of hydrogen-bond acceptors (Lipinski definition) is 8. The number of carbonyl (C=O) groups is 1. The first kappa shape index (κ1) is 23.9. The molecule has 0 radical (unpaired) electrons. The average Bonchev–Trinajstić information content (AvgIpc) is 3.16. The van der Waals surface area contributed by atoms with E-state index in [2.05, 4.69) is 17.1 Å². The van der Waals surface area contributed by atoms with Crippen LogP contribution < -0.4 is 15.8 Å². The third-order valence-electron chi connectivity index (χ3n) is 6.40. The molecule has 1 amide bonds. The number of piperazine rings is 1. The Kier molecular flexibility index (Phi) is 6.72. The molecule has 0 aliphatic carbocycles. The van der Waals surface area contributed by atoms with Crippen LogP contribution in [0.1, 0.15) is 24.5 Å². The Morgan fingerprint density at radius 2 is 2.06 bits per heavy atom. The van der Waals surface area contributed by atoms with E-state index >= 15 is 0 Å². The van der Waals surface area contributed by atoms with E-state index in [-0.39, 0.29) is 28.2 Å². The monoisotopic (exact) mass is 484 g/mol. The lowest BCUT2D eigenvalue weighted by molar-refractivity contribution is -0.117. The van der Waals surface area contributed by atoms with Crippen LogP contribution in [0, 0.1) is 18.3 Å². The van der Waals surface area contributed by atoms with E-state index in [4.69, 9.17) is 4.98 Å². The Balaban J connectivity index is 1.76. The maximum Gasteiger partial charge on any atom is 0.267 e. The van der Waals surface area contributed by atoms with Crippen LogP contribution in [0.2, 0.25) is 0 Å². The average molecular weight is 485 g/mol. The lowest BCUT2D eigenvalue weighted by atomic mass is 10.1. The van der Waals surface area contributed by atoms with Crippen LogP contribution in [0.15, 0.2) is 28.7 Å². The van der Waals surface area contributed by atoms with E-state index in [0.717, 1.165) is 25.2 Å². The van der Waals surface area contributed by atoms with Gasteiger partial charge in [-0.2, -0.15) is 5.26 Å². The maximum atomic E-state index is 13.5. The number of nitriles is 1. The predicted molar refractivity (Wildman–Crippen MR) is 129 cm³/mol. The molecule has 34 heavy (non-hydrogen) atoms. The normalized spacial score (nSPS) is 20.9. The van der Waals surface area contributed by atoms with Gasteiger partial charge >= 0.3 is 0 Å². The number of aromatic nitrogens is 2. The zero-order valence-electron chi connectivity index (χ0n) is 19.3. The van der Waals surface area contributed by atoms with Gasteiger partial charge in [0.1, 0.15) is 23.1 Å². The molecule has 2 aromatic heterocycles. The minimum absolute atomic E-state index is 0.00667. The lowest BCUT2D eigenvalue weighted by Gasteiger charge is -2.35. The Labute approximate surface area is 198 Å². The second-order valence-corrected chi connectivity index (χ2v) is 10.9. The summed E-state index contributed by atoms with van der Waals surface area (Å²) in [6.45, 7) is 7.87. The number of anilines is 1. The highest BCUT2D eigenvalue weighted by atomic mass is 32.2. The van der Waals surface area contributed by atoms with Gasteiger partial charge in [-0.3, -0.25) is 14.0 Å². The minimum atomic E-state index is -3.19. The fraction of sp³-hybridized carbons (Fsp3) is 0.478. The summed E-state index contributed by atoms with van der Waals surface area (Å²) < 4.78 is 24.9. The number of fused-ring (bicyclic) bond motifs is 1. The molecule has 11 heteroatoms. The Morgan fingerprint density at radius 1 is 1.32 bits per heavy atom. The van der Waals surface area contributed by atoms with Crippen molar-refractivity contribution < 1.29 is 13.2 Å². The quantitative estimate of drug-likeness (QED) is 0.476. The lowest BCUT2D eigenvalue weighted by Crippen LogP contribution is -2.47. The first-order chi connectivity index (χ1) is 16.2. The van der Waals surface area contributed by atoms with Crippen LogP contribution in [0.25, 0.3) is 11.7 Å². The van der Waals surface area contributed by atoms with Crippen LogP contribution in [-0.2, 0) is 14.6 Å². The molecule has 2 fully saturated rings. The highest BCUT2D eigenvalue weighted by Crippen LogP contribution is 2.22. The van der Waals surface area contributed by atoms with Crippen molar-refractivity contribution in [3.63, 3.8) is 0 Å². The van der Waals surface area contributed by atoms with E-state index in [9.17, 15) is 23.3 Å². The van der Waals surface area contributed by atoms with Gasteiger partial charge in [0.15, 0.2) is 9.84 Å². The SMILES string of the molecule is CCN1CCN(c2nc3c(C)cccn3c(=O)c2C=C(C#N)C(=O)NC2CCS(=O)(=O)C2)CC1. The van der Waals surface area contributed by atoms with Crippen LogP contribution in [0.4, 0.5) is 5.82 Å². The number of sulfone groups is 1. The second kappa shape index (κ2) is 9.56. The van der Waals surface area contributed by atoms with Crippen molar-refractivity contribution in [2.45, 2.75) is 26.3 Å². The second-order valence-electron chi connectivity index (χ2n) is 8.70. The largest absolute Gasteiger partial charge is 0.353 e. The van der Waals surface area contributed by atoms with Gasteiger partial charge in [0.25, 0.3) is 11.5 Å². The molecule has 1 atom stereocenters. The summed E-state index contributed by atoms with van der Waals surface area (Å²) in [5.74, 6) is -0.393. The van der Waals surface area contributed by atoms with E-state index in [1.165, 1.54) is 10.5 Å². The van der Waals surface area contributed by atoms with Gasteiger partial charge < -0.3 is 15.1 Å². The highest BCUT2D eigenvalue weighted by molar-refractivity contribution is 7.91. The predicted octanol–water partition coefficient (Wildman–Crippen LogP) is 0.355. The van der Waals surface area contributed by atoms with Gasteiger partial charge in [-0.1, -0.05) is 13.0 Å². The number of nitrogens with one attached hydrogen (secondary N) is 1. The van der Waals surface area contributed by atoms with E-state index in [1.807, 2.05) is 24.0 Å². The van der Waals surface area contributed by atoms with E-state index < -0.39 is 21.8 Å². The zero-order chi connectivity index (χ0) is 24.5. The summed E-state index contributed by atoms with van der Waals surface area (Å²) in [5, 5.41) is 12.3. The molecular formula is C23H28N6O4S. The van der Waals surface area contributed by atoms with Crippen LogP contribution in [0.3, 0.4) is 0 Å². The Morgan fingerprint density at radius 3 is 2.68 bits per heavy atom. The van der Waals surface area contributed by atoms with Crippen molar-refractivity contribution in [3.05, 3.63) is 45.4 Å². The summed E-state index contributed by atoms with van der Waals surface area (Å²) in [4.78, 5) is 35.4. The summed E-state index contributed by atoms with van der Waals surface area (Å²) in [5.41, 5.74) is 0.898. The first-order valence-electron chi connectivity index (χ1n) is 11.3. The zero-order valence-corrected chi connectivity index (χ0v) is 20.1. The van der Waals surface area contributed by atoms with Gasteiger partial charge in [-0.15, -0.1) is 0 Å². The van der Waals surface area contributed by atoms with Gasteiger partial charge in [-0.05, 0) is 37.6 Å². The highest BCUT2D eigenvalue weighted by Gasteiger charge is 2.30. The molecule has 4 rings (SSSR count). The third kappa shape index (κ3) is 4.83. The molecule has 0 spiro atoms. The van der Waals surface area contributed by atoms with Crippen molar-refractivity contribution in [3.8, 4) is 6.07 Å². The molecule has 0 bridgehead atoms. The fourth-order valence-electron chi connectivity index (χ4n) is 4.41. The fourth-order valence-corrected chi connectivity index (χ4v) is 6.08. The van der Waals surface area contributed by atoms with E-state index in [1.54, 1.807) is 12.3 Å². The summed E-state index contributed by atoms with van der Waals surface area (Å²) in [6, 6.07) is 4.95. The van der Waals surface area contributed by atoms with Gasteiger partial charge in [0.2, 0.25) is 0 Å². The molecule has 180 valence electrons. The van der Waals surface area contributed by atoms with Crippen LogP contribution in [0.5, 0.6) is 0 Å². The molecule has 2 aliphatic rings. The molecule has 2 saturated heterocycles. The molecule has 1 N–H and O–H groups in total. The topological polar surface area (TPSA) is 128 Å². The molecule has 2 aromatic rings. The van der Waals surface area contributed by atoms with Crippen molar-refractivity contribution in [2.75, 3.05) is 49.1 Å². The summed E-state index contributed by atoms with van der Waals surface area (Å²) >= 11 is 0. The number of rotatable bonds is 5. The number of pyridine rings is 1. The standard InChI is InChI=1S/C23H28N6O4S/c1-3-27-8-10-28(11-9-27)21-19(23(31)29-7-4-5-16(2)20(29)26-21)13-17(14-24)22(30)25-18-6-12-34(32,33)15-18/h4-5,7,13,18H,3,6,8-12,15H2,1-2H3,(H,25,30). The number of aryl methyl sites for hydroxylation is 1. The van der Waals surface area contributed by atoms with Crippen molar-refractivity contribution in [1.29, 1.82) is 5.26 Å². The minimum Gasteiger partial charge on any atom is -0.353 e. The van der Waals surface area contributed by atoms with Crippen LogP contribution in [-0.4, -0.2) is 78.9 Å². The number of hydrogen-bond donors (Lipinski definition) is 1. The van der Waals surface area contributed by atoms with Gasteiger partial charge in [0, 0.05) is 38.4 Å². The molecule has 2 aliphatic heterocycles. The molecule has 10 nitrogen and oxygen atoms in total. The third-order valence-corrected chi connectivity index (χ3v) is 8.17.